The van der Waals surface area contributed by atoms with Crippen molar-refractivity contribution in [1.82, 2.24) is 4.98 Å². The number of aliphatic hydroxyl groups is 1. The largest absolute Gasteiger partial charge is 0.507 e. The van der Waals surface area contributed by atoms with Gasteiger partial charge in [-0.2, -0.15) is 0 Å². The fourth-order valence-corrected chi connectivity index (χ4v) is 6.07. The van der Waals surface area contributed by atoms with Gasteiger partial charge >= 0.3 is 5.91 Å². The van der Waals surface area contributed by atoms with Crippen molar-refractivity contribution >= 4 is 67.3 Å². The standard InChI is InChI=1S/C29H24Cl2N2O4S/c1-4-10-37-19-7-5-6-18(13-19)26(34)23-25(17-8-9-20(30)21(31)14-17)33(28(36)27(23)35)29-32-24-16(3)11-15(2)12-22(24)38-29/h5-9,11-14,25,34H,4,10H2,1-3H3. The zero-order chi connectivity index (χ0) is 27.1. The summed E-state index contributed by atoms with van der Waals surface area (Å²) in [5.74, 6) is -1.36. The van der Waals surface area contributed by atoms with Gasteiger partial charge in [0, 0.05) is 5.56 Å². The lowest BCUT2D eigenvalue weighted by atomic mass is 9.95. The van der Waals surface area contributed by atoms with Crippen LogP contribution in [0.2, 0.25) is 10.0 Å². The number of carbonyl (C=O) groups is 2. The van der Waals surface area contributed by atoms with Crippen LogP contribution >= 0.6 is 34.5 Å². The minimum absolute atomic E-state index is 0.0619. The molecule has 1 N–H and O–H groups in total. The van der Waals surface area contributed by atoms with Crippen molar-refractivity contribution < 1.29 is 19.4 Å². The summed E-state index contributed by atoms with van der Waals surface area (Å²) in [5.41, 5.74) is 3.61. The van der Waals surface area contributed by atoms with Crippen molar-refractivity contribution in [2.75, 3.05) is 11.5 Å². The van der Waals surface area contributed by atoms with E-state index in [0.717, 1.165) is 27.8 Å². The molecule has 1 aromatic heterocycles. The number of fused-ring (bicyclic) bond motifs is 1. The second kappa shape index (κ2) is 10.4. The van der Waals surface area contributed by atoms with E-state index in [9.17, 15) is 14.7 Å². The third-order valence-corrected chi connectivity index (χ3v) is 8.05. The second-order valence-corrected chi connectivity index (χ2v) is 11.0. The van der Waals surface area contributed by atoms with Crippen molar-refractivity contribution in [1.29, 1.82) is 0 Å². The van der Waals surface area contributed by atoms with Crippen LogP contribution in [-0.4, -0.2) is 28.4 Å². The number of thiazole rings is 1. The number of benzene rings is 3. The normalized spacial score (nSPS) is 17.0. The molecule has 9 heteroatoms. The predicted octanol–water partition coefficient (Wildman–Crippen LogP) is 7.64. The number of anilines is 1. The van der Waals surface area contributed by atoms with Gasteiger partial charge in [-0.1, -0.05) is 65.7 Å². The van der Waals surface area contributed by atoms with Crippen LogP contribution in [-0.2, 0) is 9.59 Å². The number of aryl methyl sites for hydroxylation is 2. The molecule has 194 valence electrons. The minimum Gasteiger partial charge on any atom is -0.507 e. The number of aliphatic hydroxyl groups excluding tert-OH is 1. The molecule has 0 radical (unpaired) electrons. The number of carbonyl (C=O) groups excluding carboxylic acids is 2. The molecule has 5 rings (SSSR count). The number of Topliss-reactive ketones (excluding diaryl/α,β-unsaturated/α-hetero) is 1. The molecule has 0 saturated carbocycles. The van der Waals surface area contributed by atoms with Crippen LogP contribution in [0.1, 0.15) is 41.6 Å². The summed E-state index contributed by atoms with van der Waals surface area (Å²) in [6, 6.07) is 14.7. The molecular weight excluding hydrogens is 543 g/mol. The number of aromatic nitrogens is 1. The van der Waals surface area contributed by atoms with Crippen molar-refractivity contribution in [3.8, 4) is 5.75 Å². The van der Waals surface area contributed by atoms with Crippen molar-refractivity contribution in [3.05, 3.63) is 92.5 Å². The molecule has 0 bridgehead atoms. The van der Waals surface area contributed by atoms with E-state index in [4.69, 9.17) is 32.9 Å². The molecule has 38 heavy (non-hydrogen) atoms. The molecule has 1 amide bonds. The molecular formula is C29H24Cl2N2O4S. The Kier molecular flexibility index (Phi) is 7.18. The maximum atomic E-state index is 13.5. The zero-order valence-corrected chi connectivity index (χ0v) is 23.2. The highest BCUT2D eigenvalue weighted by Gasteiger charge is 2.48. The molecule has 1 saturated heterocycles. The average Bonchev–Trinajstić information content (AvgIpc) is 3.42. The number of rotatable bonds is 6. The number of amides is 1. The van der Waals surface area contributed by atoms with E-state index in [1.807, 2.05) is 32.9 Å². The average molecular weight is 567 g/mol. The van der Waals surface area contributed by atoms with Crippen LogP contribution in [0.5, 0.6) is 5.75 Å². The Morgan fingerprint density at radius 1 is 1.08 bits per heavy atom. The Balaban J connectivity index is 1.71. The first-order valence-corrected chi connectivity index (χ1v) is 13.6. The fourth-order valence-electron chi connectivity index (χ4n) is 4.60. The summed E-state index contributed by atoms with van der Waals surface area (Å²) in [6.07, 6.45) is 0.819. The summed E-state index contributed by atoms with van der Waals surface area (Å²) < 4.78 is 6.60. The summed E-state index contributed by atoms with van der Waals surface area (Å²) in [7, 11) is 0. The summed E-state index contributed by atoms with van der Waals surface area (Å²) in [5, 5.41) is 12.4. The number of hydrogen-bond donors (Lipinski definition) is 1. The third-order valence-electron chi connectivity index (χ3n) is 6.31. The van der Waals surface area contributed by atoms with Gasteiger partial charge in [0.1, 0.15) is 11.5 Å². The lowest BCUT2D eigenvalue weighted by Crippen LogP contribution is -2.29. The second-order valence-electron chi connectivity index (χ2n) is 9.14. The highest BCUT2D eigenvalue weighted by atomic mass is 35.5. The van der Waals surface area contributed by atoms with E-state index in [-0.39, 0.29) is 16.4 Å². The molecule has 2 heterocycles. The van der Waals surface area contributed by atoms with Crippen LogP contribution in [0, 0.1) is 13.8 Å². The van der Waals surface area contributed by atoms with E-state index in [1.54, 1.807) is 42.5 Å². The lowest BCUT2D eigenvalue weighted by Gasteiger charge is -2.23. The first-order chi connectivity index (χ1) is 18.2. The van der Waals surface area contributed by atoms with Gasteiger partial charge in [0.25, 0.3) is 5.78 Å². The zero-order valence-electron chi connectivity index (χ0n) is 20.9. The molecule has 3 aromatic carbocycles. The minimum atomic E-state index is -0.966. The van der Waals surface area contributed by atoms with Crippen LogP contribution in [0.3, 0.4) is 0 Å². The van der Waals surface area contributed by atoms with Gasteiger partial charge in [0.05, 0.1) is 38.5 Å². The monoisotopic (exact) mass is 566 g/mol. The molecule has 1 aliphatic heterocycles. The topological polar surface area (TPSA) is 79.7 Å². The lowest BCUT2D eigenvalue weighted by molar-refractivity contribution is -0.132. The molecule has 4 aromatic rings. The maximum Gasteiger partial charge on any atom is 0.301 e. The molecule has 0 spiro atoms. The van der Waals surface area contributed by atoms with Gasteiger partial charge in [-0.05, 0) is 67.3 Å². The van der Waals surface area contributed by atoms with Crippen LogP contribution < -0.4 is 9.64 Å². The molecule has 1 unspecified atom stereocenters. The summed E-state index contributed by atoms with van der Waals surface area (Å²) in [4.78, 5) is 33.1. The number of halogens is 2. The Hall–Kier alpha value is -3.39. The van der Waals surface area contributed by atoms with Gasteiger partial charge in [0.15, 0.2) is 5.13 Å². The molecule has 0 aliphatic carbocycles. The fraction of sp³-hybridized carbons (Fsp3) is 0.207. The summed E-state index contributed by atoms with van der Waals surface area (Å²) >= 11 is 13.8. The number of nitrogens with zero attached hydrogens (tertiary/aromatic N) is 2. The van der Waals surface area contributed by atoms with Gasteiger partial charge in [-0.25, -0.2) is 4.98 Å². The van der Waals surface area contributed by atoms with Gasteiger partial charge in [-0.3, -0.25) is 14.5 Å². The first-order valence-electron chi connectivity index (χ1n) is 12.1. The highest BCUT2D eigenvalue weighted by Crippen LogP contribution is 2.45. The van der Waals surface area contributed by atoms with Gasteiger partial charge in [0.2, 0.25) is 0 Å². The number of ketones is 1. The Labute approximate surface area is 234 Å². The Bertz CT molecular complexity index is 1630. The quantitative estimate of drug-likeness (QED) is 0.147. The first kappa shape index (κ1) is 26.2. The number of ether oxygens (including phenoxy) is 1. The van der Waals surface area contributed by atoms with Gasteiger partial charge < -0.3 is 9.84 Å². The van der Waals surface area contributed by atoms with E-state index >= 15 is 0 Å². The smallest absolute Gasteiger partial charge is 0.301 e. The molecule has 6 nitrogen and oxygen atoms in total. The highest BCUT2D eigenvalue weighted by molar-refractivity contribution is 7.22. The molecule has 1 atom stereocenters. The van der Waals surface area contributed by atoms with Crippen molar-refractivity contribution in [2.45, 2.75) is 33.2 Å². The van der Waals surface area contributed by atoms with E-state index in [2.05, 4.69) is 0 Å². The molecule has 1 aliphatic rings. The van der Waals surface area contributed by atoms with Crippen LogP contribution in [0.4, 0.5) is 5.13 Å². The van der Waals surface area contributed by atoms with E-state index in [1.165, 1.54) is 16.2 Å². The molecule has 1 fully saturated rings. The third kappa shape index (κ3) is 4.66. The van der Waals surface area contributed by atoms with Gasteiger partial charge in [-0.15, -0.1) is 0 Å². The number of hydrogen-bond acceptors (Lipinski definition) is 6. The SMILES string of the molecule is CCCOc1cccc(C(O)=C2C(=O)C(=O)N(c3nc4c(C)cc(C)cc4s3)C2c2ccc(Cl)c(Cl)c2)c1. The Morgan fingerprint density at radius 2 is 1.87 bits per heavy atom. The van der Waals surface area contributed by atoms with Crippen molar-refractivity contribution in [2.24, 2.45) is 0 Å². The van der Waals surface area contributed by atoms with Crippen molar-refractivity contribution in [3.63, 3.8) is 0 Å². The Morgan fingerprint density at radius 3 is 2.61 bits per heavy atom. The van der Waals surface area contributed by atoms with E-state index in [0.29, 0.717) is 33.6 Å². The predicted molar refractivity (Wildman–Crippen MR) is 153 cm³/mol. The summed E-state index contributed by atoms with van der Waals surface area (Å²) in [6.45, 7) is 6.45. The van der Waals surface area contributed by atoms with Crippen LogP contribution in [0.25, 0.3) is 16.0 Å². The maximum absolute atomic E-state index is 13.5. The van der Waals surface area contributed by atoms with E-state index < -0.39 is 17.7 Å². The van der Waals surface area contributed by atoms with Crippen LogP contribution in [0.15, 0.2) is 60.2 Å².